The Morgan fingerprint density at radius 3 is 2.68 bits per heavy atom. The predicted molar refractivity (Wildman–Crippen MR) is 138 cm³/mol. The van der Waals surface area contributed by atoms with E-state index in [1.165, 1.54) is 0 Å². The highest BCUT2D eigenvalue weighted by Gasteiger charge is 2.30. The van der Waals surface area contributed by atoms with E-state index in [1.807, 2.05) is 31.2 Å². The summed E-state index contributed by atoms with van der Waals surface area (Å²) < 4.78 is 10.8. The number of benzene rings is 1. The van der Waals surface area contributed by atoms with E-state index in [4.69, 9.17) is 26.1 Å². The molecule has 10 nitrogen and oxygen atoms in total. The van der Waals surface area contributed by atoms with Gasteiger partial charge in [0.2, 0.25) is 0 Å². The Morgan fingerprint density at radius 2 is 1.95 bits per heavy atom. The van der Waals surface area contributed by atoms with Crippen molar-refractivity contribution in [1.29, 1.82) is 0 Å². The van der Waals surface area contributed by atoms with Crippen LogP contribution in [0.4, 0.5) is 11.4 Å². The second-order valence-electron chi connectivity index (χ2n) is 9.04. The van der Waals surface area contributed by atoms with Crippen LogP contribution in [0.3, 0.4) is 0 Å². The lowest BCUT2D eigenvalue weighted by Gasteiger charge is -2.26. The maximum Gasteiger partial charge on any atom is 0.274 e. The van der Waals surface area contributed by atoms with Gasteiger partial charge in [0, 0.05) is 32.3 Å². The zero-order valence-corrected chi connectivity index (χ0v) is 21.6. The van der Waals surface area contributed by atoms with Gasteiger partial charge in [0.1, 0.15) is 0 Å². The summed E-state index contributed by atoms with van der Waals surface area (Å²) in [5.41, 5.74) is 4.92. The van der Waals surface area contributed by atoms with E-state index in [0.29, 0.717) is 89.8 Å². The van der Waals surface area contributed by atoms with Gasteiger partial charge in [0.15, 0.2) is 11.4 Å². The topological polar surface area (TPSA) is 110 Å². The Balaban J connectivity index is 1.45. The minimum Gasteiger partial charge on any atom is -0.493 e. The highest BCUT2D eigenvalue weighted by atomic mass is 35.5. The number of carbonyl (C=O) groups is 2. The van der Waals surface area contributed by atoms with Crippen LogP contribution in [-0.4, -0.2) is 77.3 Å². The van der Waals surface area contributed by atoms with Gasteiger partial charge in [-0.05, 0) is 36.8 Å². The minimum absolute atomic E-state index is 0.112. The summed E-state index contributed by atoms with van der Waals surface area (Å²) in [7, 11) is 3.29. The molecule has 0 bridgehead atoms. The zero-order chi connectivity index (χ0) is 26.1. The first kappa shape index (κ1) is 24.9. The molecule has 2 aromatic heterocycles. The molecule has 2 aliphatic rings. The fourth-order valence-corrected chi connectivity index (χ4v) is 4.84. The number of pyridine rings is 1. The number of aryl methyl sites for hydroxylation is 1. The third-order valence-electron chi connectivity index (χ3n) is 6.43. The fourth-order valence-electron chi connectivity index (χ4n) is 4.58. The lowest BCUT2D eigenvalue weighted by atomic mass is 10.1. The number of halogens is 1. The molecular weight excluding hydrogens is 496 g/mol. The second kappa shape index (κ2) is 10.3. The number of morpholine rings is 1. The van der Waals surface area contributed by atoms with Gasteiger partial charge in [0.25, 0.3) is 11.8 Å². The van der Waals surface area contributed by atoms with E-state index < -0.39 is 0 Å². The minimum atomic E-state index is -0.140. The first-order valence-electron chi connectivity index (χ1n) is 11.9. The Hall–Kier alpha value is -3.76. The first-order valence-corrected chi connectivity index (χ1v) is 12.3. The molecule has 0 aliphatic carbocycles. The van der Waals surface area contributed by atoms with Crippen molar-refractivity contribution < 1.29 is 19.1 Å². The summed E-state index contributed by atoms with van der Waals surface area (Å²) in [6.07, 6.45) is 0.381. The lowest BCUT2D eigenvalue weighted by Crippen LogP contribution is -2.41. The van der Waals surface area contributed by atoms with Crippen LogP contribution in [-0.2, 0) is 17.7 Å². The highest BCUT2D eigenvalue weighted by Crippen LogP contribution is 2.37. The molecule has 5 rings (SSSR count). The molecule has 1 aromatic carbocycles. The molecule has 0 spiro atoms. The quantitative estimate of drug-likeness (QED) is 0.525. The molecule has 1 fully saturated rings. The number of methoxy groups -OCH3 is 1. The van der Waals surface area contributed by atoms with Crippen molar-refractivity contribution in [2.75, 3.05) is 45.8 Å². The van der Waals surface area contributed by atoms with E-state index in [0.717, 1.165) is 5.56 Å². The van der Waals surface area contributed by atoms with Gasteiger partial charge in [-0.25, -0.2) is 0 Å². The Labute approximate surface area is 219 Å². The molecule has 0 saturated carbocycles. The Morgan fingerprint density at radius 1 is 1.16 bits per heavy atom. The molecule has 1 saturated heterocycles. The smallest absolute Gasteiger partial charge is 0.274 e. The van der Waals surface area contributed by atoms with E-state index in [2.05, 4.69) is 15.5 Å². The number of hydrogen-bond acceptors (Lipinski definition) is 8. The zero-order valence-electron chi connectivity index (χ0n) is 20.9. The van der Waals surface area contributed by atoms with Crippen molar-refractivity contribution in [3.05, 3.63) is 69.3 Å². The van der Waals surface area contributed by atoms with E-state index in [9.17, 15) is 9.59 Å². The number of amides is 2. The number of para-hydroxylation sites is 1. The van der Waals surface area contributed by atoms with Gasteiger partial charge in [0.05, 0.1) is 60.2 Å². The molecule has 3 aromatic rings. The van der Waals surface area contributed by atoms with Gasteiger partial charge < -0.3 is 24.6 Å². The van der Waals surface area contributed by atoms with Crippen LogP contribution in [0.15, 0.2) is 30.3 Å². The van der Waals surface area contributed by atoms with Crippen molar-refractivity contribution in [2.45, 2.75) is 19.9 Å². The van der Waals surface area contributed by atoms with E-state index in [1.54, 1.807) is 30.0 Å². The van der Waals surface area contributed by atoms with Gasteiger partial charge in [-0.15, -0.1) is 5.10 Å². The van der Waals surface area contributed by atoms with Crippen molar-refractivity contribution in [3.8, 4) is 5.75 Å². The van der Waals surface area contributed by atoms with Crippen LogP contribution in [0.1, 0.15) is 43.5 Å². The van der Waals surface area contributed by atoms with Crippen LogP contribution in [0, 0.1) is 6.92 Å². The number of aromatic nitrogens is 3. The van der Waals surface area contributed by atoms with Crippen molar-refractivity contribution in [3.63, 3.8) is 0 Å². The molecule has 4 heterocycles. The number of carbonyl (C=O) groups excluding carboxylic acids is 2. The molecule has 1 N–H and O–H groups in total. The average Bonchev–Trinajstić information content (AvgIpc) is 3.17. The van der Waals surface area contributed by atoms with Crippen LogP contribution in [0.2, 0.25) is 5.02 Å². The second-order valence-corrected chi connectivity index (χ2v) is 9.45. The number of hydrogen-bond donors (Lipinski definition) is 1. The number of rotatable bonds is 6. The molecular formula is C26H27ClN6O4. The van der Waals surface area contributed by atoms with Gasteiger partial charge in [-0.2, -0.15) is 5.10 Å². The van der Waals surface area contributed by atoms with Gasteiger partial charge in [-0.3, -0.25) is 14.6 Å². The standard InChI is InChI=1S/C26H27ClN6O4/c1-15-11-17(30-31-23(15)26(35)33-7-9-37-10-8-33)12-16-13-20(22-21(28-16)14-32(2)25(22)34)29-19-6-4-5-18(27)24(19)36-3/h4-6,11,13H,7-10,12,14H2,1-3H3,(H,28,29). The van der Waals surface area contributed by atoms with Crippen LogP contribution in [0.25, 0.3) is 0 Å². The monoisotopic (exact) mass is 522 g/mol. The molecule has 2 aliphatic heterocycles. The van der Waals surface area contributed by atoms with Crippen LogP contribution in [0.5, 0.6) is 5.75 Å². The summed E-state index contributed by atoms with van der Waals surface area (Å²) in [5.74, 6) is 0.232. The Kier molecular flexibility index (Phi) is 6.94. The van der Waals surface area contributed by atoms with Crippen LogP contribution < -0.4 is 10.1 Å². The number of anilines is 2. The SMILES string of the molecule is COc1c(Cl)cccc1Nc1cc(Cc2cc(C)c(C(=O)N3CCOCC3)nn2)nc2c1C(=O)N(C)C2. The molecule has 0 radical (unpaired) electrons. The molecule has 11 heteroatoms. The molecule has 0 unspecified atom stereocenters. The normalized spacial score (nSPS) is 15.1. The van der Waals surface area contributed by atoms with Crippen molar-refractivity contribution in [1.82, 2.24) is 25.0 Å². The summed E-state index contributed by atoms with van der Waals surface area (Å²) in [4.78, 5) is 33.9. The van der Waals surface area contributed by atoms with Crippen LogP contribution >= 0.6 is 11.6 Å². The summed E-state index contributed by atoms with van der Waals surface area (Å²) >= 11 is 6.30. The first-order chi connectivity index (χ1) is 17.9. The third kappa shape index (κ3) is 4.94. The van der Waals surface area contributed by atoms with Gasteiger partial charge in [-0.1, -0.05) is 17.7 Å². The average molecular weight is 523 g/mol. The lowest BCUT2D eigenvalue weighted by molar-refractivity contribution is 0.0297. The summed E-state index contributed by atoms with van der Waals surface area (Å²) in [5, 5.41) is 12.4. The summed E-state index contributed by atoms with van der Waals surface area (Å²) in [6, 6.07) is 9.07. The van der Waals surface area contributed by atoms with E-state index in [-0.39, 0.29) is 11.8 Å². The highest BCUT2D eigenvalue weighted by molar-refractivity contribution is 6.32. The number of nitrogens with zero attached hydrogens (tertiary/aromatic N) is 5. The molecule has 0 atom stereocenters. The third-order valence-corrected chi connectivity index (χ3v) is 6.73. The van der Waals surface area contributed by atoms with Gasteiger partial charge >= 0.3 is 0 Å². The van der Waals surface area contributed by atoms with Crippen molar-refractivity contribution in [2.24, 2.45) is 0 Å². The molecule has 2 amide bonds. The maximum absolute atomic E-state index is 12.9. The predicted octanol–water partition coefficient (Wildman–Crippen LogP) is 3.23. The largest absolute Gasteiger partial charge is 0.493 e. The van der Waals surface area contributed by atoms with Crippen molar-refractivity contribution >= 4 is 34.8 Å². The number of nitrogens with one attached hydrogen (secondary N) is 1. The fraction of sp³-hybridized carbons (Fsp3) is 0.346. The summed E-state index contributed by atoms with van der Waals surface area (Å²) in [6.45, 7) is 4.39. The molecule has 37 heavy (non-hydrogen) atoms. The number of fused-ring (bicyclic) bond motifs is 1. The maximum atomic E-state index is 12.9. The Bertz CT molecular complexity index is 1380. The molecule has 192 valence electrons. The van der Waals surface area contributed by atoms with E-state index >= 15 is 0 Å². The number of ether oxygens (including phenoxy) is 2.